The maximum absolute atomic E-state index is 13.2. The van der Waals surface area contributed by atoms with E-state index < -0.39 is 10.0 Å². The zero-order valence-corrected chi connectivity index (χ0v) is 19.6. The van der Waals surface area contributed by atoms with Gasteiger partial charge < -0.3 is 0 Å². The second-order valence-corrected chi connectivity index (χ2v) is 11.8. The van der Waals surface area contributed by atoms with E-state index in [1.54, 1.807) is 24.3 Å². The van der Waals surface area contributed by atoms with E-state index in [0.717, 1.165) is 6.42 Å². The maximum Gasteiger partial charge on any atom is 0.240 e. The Morgan fingerprint density at radius 2 is 1.48 bits per heavy atom. The monoisotopic (exact) mass is 502 g/mol. The zero-order valence-electron chi connectivity index (χ0n) is 17.3. The summed E-state index contributed by atoms with van der Waals surface area (Å²) in [4.78, 5) is 27.8. The third kappa shape index (κ3) is 3.28. The number of halogens is 2. The van der Waals surface area contributed by atoms with E-state index in [2.05, 4.69) is 16.9 Å². The molecular weight excluding hydrogens is 483 g/mol. The summed E-state index contributed by atoms with van der Waals surface area (Å²) in [6.45, 7) is 0.0490. The molecule has 2 saturated carbocycles. The lowest BCUT2D eigenvalue weighted by molar-refractivity contribution is -0.124. The highest BCUT2D eigenvalue weighted by atomic mass is 35.5. The molecule has 0 radical (unpaired) electrons. The Morgan fingerprint density at radius 1 is 0.879 bits per heavy atom. The summed E-state index contributed by atoms with van der Waals surface area (Å²) >= 11 is 11.8. The lowest BCUT2D eigenvalue weighted by Gasteiger charge is -2.37. The van der Waals surface area contributed by atoms with Gasteiger partial charge in [0.05, 0.1) is 32.5 Å². The minimum atomic E-state index is -3.78. The van der Waals surface area contributed by atoms with Crippen molar-refractivity contribution in [2.45, 2.75) is 17.9 Å². The molecule has 9 heteroatoms. The van der Waals surface area contributed by atoms with Crippen LogP contribution in [0.2, 0.25) is 10.0 Å². The Kier molecular flexibility index (Phi) is 4.79. The van der Waals surface area contributed by atoms with Gasteiger partial charge in [-0.2, -0.15) is 0 Å². The number of allylic oxidation sites excluding steroid dienone is 2. The minimum Gasteiger partial charge on any atom is -0.274 e. The predicted octanol–water partition coefficient (Wildman–Crippen LogP) is 4.03. The van der Waals surface area contributed by atoms with Crippen LogP contribution in [0.25, 0.3) is 0 Å². The van der Waals surface area contributed by atoms with Crippen LogP contribution in [-0.2, 0) is 26.2 Å². The highest BCUT2D eigenvalue weighted by Crippen LogP contribution is 2.65. The molecule has 2 aromatic rings. The number of nitrogens with one attached hydrogen (secondary N) is 1. The van der Waals surface area contributed by atoms with Gasteiger partial charge in [-0.25, -0.2) is 13.1 Å². The van der Waals surface area contributed by atoms with Gasteiger partial charge in [0.2, 0.25) is 21.8 Å². The Hall–Kier alpha value is -2.19. The molecule has 0 aromatic heterocycles. The molecule has 6 nitrogen and oxygen atoms in total. The Balaban J connectivity index is 1.18. The fraction of sp³-hybridized carbons (Fsp3) is 0.333. The number of rotatable bonds is 5. The minimum absolute atomic E-state index is 0.0191. The molecule has 2 amide bonds. The molecule has 33 heavy (non-hydrogen) atoms. The summed E-state index contributed by atoms with van der Waals surface area (Å²) in [7, 11) is -3.78. The molecule has 6 atom stereocenters. The van der Waals surface area contributed by atoms with E-state index in [0.29, 0.717) is 23.1 Å². The summed E-state index contributed by atoms with van der Waals surface area (Å²) in [5.74, 6) is 0.782. The molecule has 1 heterocycles. The van der Waals surface area contributed by atoms with E-state index in [1.165, 1.54) is 23.1 Å². The van der Waals surface area contributed by atoms with E-state index in [4.69, 9.17) is 23.2 Å². The van der Waals surface area contributed by atoms with E-state index >= 15 is 0 Å². The highest BCUT2D eigenvalue weighted by Gasteiger charge is 2.67. The molecule has 1 N–H and O–H groups in total. The average Bonchev–Trinajstić information content (AvgIpc) is 3.58. The standard InChI is InChI=1S/C24H20Cl2N2O4S/c25-19-8-5-14(9-20(19)26)33(31,32)27-11-12-1-3-13(4-2-12)28-23(29)21-15-6-7-16(18-10-17(15)18)22(21)24(28)30/h1-9,15-18,21-22,27H,10-11H2. The van der Waals surface area contributed by atoms with Crippen LogP contribution in [0, 0.1) is 35.5 Å². The topological polar surface area (TPSA) is 83.6 Å². The van der Waals surface area contributed by atoms with Crippen LogP contribution in [-0.4, -0.2) is 20.2 Å². The molecule has 6 unspecified atom stereocenters. The fourth-order valence-electron chi connectivity index (χ4n) is 5.88. The summed E-state index contributed by atoms with van der Waals surface area (Å²) < 4.78 is 27.6. The Labute approximate surface area is 201 Å². The summed E-state index contributed by atoms with van der Waals surface area (Å²) in [5.41, 5.74) is 1.23. The van der Waals surface area contributed by atoms with Gasteiger partial charge in [0, 0.05) is 6.54 Å². The van der Waals surface area contributed by atoms with Gasteiger partial charge in [-0.15, -0.1) is 0 Å². The zero-order chi connectivity index (χ0) is 23.1. The molecule has 2 aromatic carbocycles. The van der Waals surface area contributed by atoms with Crippen LogP contribution in [0.1, 0.15) is 12.0 Å². The normalized spacial score (nSPS) is 31.6. The molecule has 1 saturated heterocycles. The molecule has 4 aliphatic carbocycles. The lowest BCUT2D eigenvalue weighted by Crippen LogP contribution is -2.40. The molecule has 0 spiro atoms. The first-order valence-corrected chi connectivity index (χ1v) is 13.1. The number of nitrogens with zero attached hydrogens (tertiary/aromatic N) is 1. The first-order chi connectivity index (χ1) is 15.8. The molecule has 7 rings (SSSR count). The van der Waals surface area contributed by atoms with E-state index in [-0.39, 0.29) is 57.0 Å². The molecular formula is C24H20Cl2N2O4S. The van der Waals surface area contributed by atoms with Crippen molar-refractivity contribution in [1.29, 1.82) is 0 Å². The molecule has 170 valence electrons. The van der Waals surface area contributed by atoms with Gasteiger partial charge in [-0.05, 0) is 66.0 Å². The number of benzene rings is 2. The Bertz CT molecular complexity index is 1290. The number of hydrogen-bond acceptors (Lipinski definition) is 4. The van der Waals surface area contributed by atoms with Crippen molar-refractivity contribution in [2.24, 2.45) is 35.5 Å². The molecule has 1 aliphatic heterocycles. The average molecular weight is 503 g/mol. The van der Waals surface area contributed by atoms with E-state index in [9.17, 15) is 18.0 Å². The van der Waals surface area contributed by atoms with Crippen LogP contribution in [0.4, 0.5) is 5.69 Å². The van der Waals surface area contributed by atoms with Crippen molar-refractivity contribution in [3.8, 4) is 0 Å². The Morgan fingerprint density at radius 3 is 2.06 bits per heavy atom. The van der Waals surface area contributed by atoms with Crippen LogP contribution in [0.5, 0.6) is 0 Å². The second kappa shape index (κ2) is 7.40. The van der Waals surface area contributed by atoms with Crippen LogP contribution >= 0.6 is 23.2 Å². The number of hydrogen-bond donors (Lipinski definition) is 1. The summed E-state index contributed by atoms with van der Waals surface area (Å²) in [5, 5.41) is 0.434. The van der Waals surface area contributed by atoms with Crippen molar-refractivity contribution < 1.29 is 18.0 Å². The number of carbonyl (C=O) groups excluding carboxylic acids is 2. The first-order valence-electron chi connectivity index (χ1n) is 10.9. The van der Waals surface area contributed by atoms with Gasteiger partial charge in [0.15, 0.2) is 0 Å². The maximum atomic E-state index is 13.2. The molecule has 5 aliphatic rings. The number of anilines is 1. The fourth-order valence-corrected chi connectivity index (χ4v) is 7.29. The van der Waals surface area contributed by atoms with Gasteiger partial charge in [0.25, 0.3) is 0 Å². The van der Waals surface area contributed by atoms with Crippen molar-refractivity contribution >= 4 is 50.7 Å². The van der Waals surface area contributed by atoms with Gasteiger partial charge >= 0.3 is 0 Å². The largest absolute Gasteiger partial charge is 0.274 e. The third-order valence-electron chi connectivity index (χ3n) is 7.53. The first kappa shape index (κ1) is 21.4. The summed E-state index contributed by atoms with van der Waals surface area (Å²) in [6.07, 6.45) is 5.43. The quantitative estimate of drug-likeness (QED) is 0.494. The summed E-state index contributed by atoms with van der Waals surface area (Å²) in [6, 6.07) is 11.0. The molecule has 2 bridgehead atoms. The predicted molar refractivity (Wildman–Crippen MR) is 124 cm³/mol. The third-order valence-corrected chi connectivity index (χ3v) is 9.66. The van der Waals surface area contributed by atoms with Gasteiger partial charge in [-0.1, -0.05) is 47.5 Å². The second-order valence-electron chi connectivity index (χ2n) is 9.23. The number of sulfonamides is 1. The smallest absolute Gasteiger partial charge is 0.240 e. The number of imide groups is 1. The molecule has 3 fully saturated rings. The van der Waals surface area contributed by atoms with Crippen molar-refractivity contribution in [3.63, 3.8) is 0 Å². The van der Waals surface area contributed by atoms with Crippen molar-refractivity contribution in [1.82, 2.24) is 4.72 Å². The number of carbonyl (C=O) groups is 2. The SMILES string of the molecule is O=C1C2C3C=CC(C4CC34)C2C(=O)N1c1ccc(CNS(=O)(=O)c2ccc(Cl)c(Cl)c2)cc1. The van der Waals surface area contributed by atoms with Gasteiger partial charge in [-0.3, -0.25) is 14.5 Å². The van der Waals surface area contributed by atoms with Gasteiger partial charge in [0.1, 0.15) is 0 Å². The highest BCUT2D eigenvalue weighted by molar-refractivity contribution is 7.89. The van der Waals surface area contributed by atoms with Crippen LogP contribution < -0.4 is 9.62 Å². The van der Waals surface area contributed by atoms with E-state index in [1.807, 2.05) is 0 Å². The number of amides is 2. The van der Waals surface area contributed by atoms with Crippen molar-refractivity contribution in [3.05, 3.63) is 70.2 Å². The van der Waals surface area contributed by atoms with Crippen LogP contribution in [0.15, 0.2) is 59.5 Å². The van der Waals surface area contributed by atoms with Crippen molar-refractivity contribution in [2.75, 3.05) is 4.90 Å². The lowest BCUT2D eigenvalue weighted by atomic mass is 9.63. The van der Waals surface area contributed by atoms with Crippen LogP contribution in [0.3, 0.4) is 0 Å².